The molecule has 0 aliphatic heterocycles. The van der Waals surface area contributed by atoms with Crippen molar-refractivity contribution < 1.29 is 9.59 Å². The Morgan fingerprint density at radius 2 is 1.36 bits per heavy atom. The number of rotatable bonds is 7. The predicted octanol–water partition coefficient (Wildman–Crippen LogP) is 4.29. The second kappa shape index (κ2) is 9.83. The number of hydrogen-bond donors (Lipinski definition) is 2. The molecule has 0 atom stereocenters. The molecule has 0 spiro atoms. The van der Waals surface area contributed by atoms with E-state index in [-0.39, 0.29) is 11.8 Å². The van der Waals surface area contributed by atoms with Crippen LogP contribution in [0.15, 0.2) is 90.0 Å². The van der Waals surface area contributed by atoms with E-state index in [0.29, 0.717) is 16.8 Å². The molecule has 28 heavy (non-hydrogen) atoms. The maximum absolute atomic E-state index is 12.1. The van der Waals surface area contributed by atoms with Crippen LogP contribution in [0.5, 0.6) is 0 Å². The fraction of sp³-hybridized carbons (Fsp3) is 0.0870. The molecule has 0 fully saturated rings. The van der Waals surface area contributed by atoms with Crippen molar-refractivity contribution in [1.82, 2.24) is 5.43 Å². The maximum atomic E-state index is 12.1. The molecule has 0 aliphatic carbocycles. The van der Waals surface area contributed by atoms with Crippen molar-refractivity contribution in [1.29, 1.82) is 0 Å². The van der Waals surface area contributed by atoms with Crippen LogP contribution in [0.3, 0.4) is 0 Å². The fourth-order valence-corrected chi connectivity index (χ4v) is 2.61. The average molecular weight is 371 g/mol. The number of aryl methyl sites for hydroxylation is 1. The van der Waals surface area contributed by atoms with Gasteiger partial charge in [0.1, 0.15) is 0 Å². The minimum absolute atomic E-state index is 0.194. The van der Waals surface area contributed by atoms with Crippen LogP contribution < -0.4 is 10.7 Å². The Kier molecular flexibility index (Phi) is 6.68. The molecule has 140 valence electrons. The van der Waals surface area contributed by atoms with Crippen molar-refractivity contribution in [3.05, 3.63) is 102 Å². The molecule has 2 N–H and O–H groups in total. The van der Waals surface area contributed by atoms with Crippen molar-refractivity contribution in [3.8, 4) is 0 Å². The third-order valence-corrected chi connectivity index (χ3v) is 4.10. The van der Waals surface area contributed by atoms with Crippen LogP contribution in [0.1, 0.15) is 32.7 Å². The van der Waals surface area contributed by atoms with E-state index in [1.54, 1.807) is 42.6 Å². The molecule has 0 bridgehead atoms. The average Bonchev–Trinajstić information content (AvgIpc) is 2.75. The monoisotopic (exact) mass is 371 g/mol. The Hall–Kier alpha value is -3.73. The van der Waals surface area contributed by atoms with Gasteiger partial charge in [-0.3, -0.25) is 9.59 Å². The van der Waals surface area contributed by atoms with Gasteiger partial charge in [0.15, 0.2) is 0 Å². The molecule has 3 aromatic rings. The summed E-state index contributed by atoms with van der Waals surface area (Å²) in [6.07, 6.45) is 3.31. The topological polar surface area (TPSA) is 70.6 Å². The molecule has 3 rings (SSSR count). The Balaban J connectivity index is 1.47. The van der Waals surface area contributed by atoms with E-state index < -0.39 is 0 Å². The Labute approximate surface area is 164 Å². The van der Waals surface area contributed by atoms with Gasteiger partial charge in [-0.2, -0.15) is 5.10 Å². The standard InChI is InChI=1S/C23H21N3O2/c27-22(19-11-5-2-6-12-19)25-21-15-13-20(14-16-21)23(28)26-24-17-7-10-18-8-3-1-4-9-18/h1-6,8-9,11-17H,7,10H2,(H,25,27)(H,26,28). The first-order valence-electron chi connectivity index (χ1n) is 9.04. The summed E-state index contributed by atoms with van der Waals surface area (Å²) in [6.45, 7) is 0. The Bertz CT molecular complexity index is 937. The second-order valence-electron chi connectivity index (χ2n) is 6.17. The summed E-state index contributed by atoms with van der Waals surface area (Å²) in [5.41, 5.74) is 5.41. The van der Waals surface area contributed by atoms with E-state index in [0.717, 1.165) is 12.8 Å². The minimum atomic E-state index is -0.295. The van der Waals surface area contributed by atoms with Gasteiger partial charge in [0.05, 0.1) is 0 Å². The van der Waals surface area contributed by atoms with Crippen molar-refractivity contribution >= 4 is 23.7 Å². The van der Waals surface area contributed by atoms with Crippen molar-refractivity contribution in [2.24, 2.45) is 5.10 Å². The summed E-state index contributed by atoms with van der Waals surface area (Å²) >= 11 is 0. The number of nitrogens with zero attached hydrogens (tertiary/aromatic N) is 1. The van der Waals surface area contributed by atoms with Crippen LogP contribution in [0.4, 0.5) is 5.69 Å². The van der Waals surface area contributed by atoms with E-state index in [1.165, 1.54) is 5.56 Å². The van der Waals surface area contributed by atoms with Crippen LogP contribution in [0, 0.1) is 0 Å². The van der Waals surface area contributed by atoms with E-state index in [2.05, 4.69) is 28.0 Å². The van der Waals surface area contributed by atoms with Gasteiger partial charge >= 0.3 is 0 Å². The van der Waals surface area contributed by atoms with Gasteiger partial charge < -0.3 is 5.32 Å². The lowest BCUT2D eigenvalue weighted by Gasteiger charge is -2.06. The minimum Gasteiger partial charge on any atom is -0.322 e. The molecular formula is C23H21N3O2. The Morgan fingerprint density at radius 3 is 2.04 bits per heavy atom. The molecule has 0 aliphatic rings. The fourth-order valence-electron chi connectivity index (χ4n) is 2.61. The smallest absolute Gasteiger partial charge is 0.271 e. The highest BCUT2D eigenvalue weighted by molar-refractivity contribution is 6.04. The third-order valence-electron chi connectivity index (χ3n) is 4.10. The second-order valence-corrected chi connectivity index (χ2v) is 6.17. The predicted molar refractivity (Wildman–Crippen MR) is 112 cm³/mol. The first-order valence-corrected chi connectivity index (χ1v) is 9.04. The van der Waals surface area contributed by atoms with Crippen LogP contribution in [0.2, 0.25) is 0 Å². The number of benzene rings is 3. The van der Waals surface area contributed by atoms with Crippen molar-refractivity contribution in [2.75, 3.05) is 5.32 Å². The van der Waals surface area contributed by atoms with Crippen LogP contribution in [0.25, 0.3) is 0 Å². The van der Waals surface area contributed by atoms with Gasteiger partial charge in [0.2, 0.25) is 0 Å². The summed E-state index contributed by atoms with van der Waals surface area (Å²) in [5.74, 6) is -0.488. The number of anilines is 1. The van der Waals surface area contributed by atoms with Crippen LogP contribution >= 0.6 is 0 Å². The summed E-state index contributed by atoms with van der Waals surface area (Å²) < 4.78 is 0. The number of amides is 2. The van der Waals surface area contributed by atoms with Crippen molar-refractivity contribution in [2.45, 2.75) is 12.8 Å². The number of carbonyl (C=O) groups excluding carboxylic acids is 2. The van der Waals surface area contributed by atoms with E-state index >= 15 is 0 Å². The quantitative estimate of drug-likeness (QED) is 0.480. The first-order chi connectivity index (χ1) is 13.7. The molecule has 5 heteroatoms. The van der Waals surface area contributed by atoms with Crippen LogP contribution in [-0.2, 0) is 6.42 Å². The van der Waals surface area contributed by atoms with E-state index in [1.807, 2.05) is 36.4 Å². The normalized spacial score (nSPS) is 10.6. The van der Waals surface area contributed by atoms with Gasteiger partial charge in [-0.1, -0.05) is 48.5 Å². The largest absolute Gasteiger partial charge is 0.322 e. The summed E-state index contributed by atoms with van der Waals surface area (Å²) in [7, 11) is 0. The maximum Gasteiger partial charge on any atom is 0.271 e. The molecule has 0 saturated carbocycles. The lowest BCUT2D eigenvalue weighted by atomic mass is 10.1. The van der Waals surface area contributed by atoms with Gasteiger partial charge in [0, 0.05) is 23.0 Å². The van der Waals surface area contributed by atoms with Crippen molar-refractivity contribution in [3.63, 3.8) is 0 Å². The molecule has 0 saturated heterocycles. The number of hydrogen-bond acceptors (Lipinski definition) is 3. The zero-order valence-electron chi connectivity index (χ0n) is 15.3. The highest BCUT2D eigenvalue weighted by Gasteiger charge is 2.07. The van der Waals surface area contributed by atoms with Gasteiger partial charge in [-0.25, -0.2) is 5.43 Å². The zero-order valence-corrected chi connectivity index (χ0v) is 15.3. The van der Waals surface area contributed by atoms with E-state index in [4.69, 9.17) is 0 Å². The zero-order chi connectivity index (χ0) is 19.6. The lowest BCUT2D eigenvalue weighted by Crippen LogP contribution is -2.17. The molecule has 0 aromatic heterocycles. The molecule has 2 amide bonds. The van der Waals surface area contributed by atoms with Crippen LogP contribution in [-0.4, -0.2) is 18.0 Å². The molecule has 0 radical (unpaired) electrons. The lowest BCUT2D eigenvalue weighted by molar-refractivity contribution is 0.0954. The molecule has 3 aromatic carbocycles. The third kappa shape index (κ3) is 5.64. The summed E-state index contributed by atoms with van der Waals surface area (Å²) in [5, 5.41) is 6.78. The highest BCUT2D eigenvalue weighted by atomic mass is 16.2. The summed E-state index contributed by atoms with van der Waals surface area (Å²) in [4.78, 5) is 24.2. The van der Waals surface area contributed by atoms with Gasteiger partial charge in [0.25, 0.3) is 11.8 Å². The van der Waals surface area contributed by atoms with Gasteiger partial charge in [-0.15, -0.1) is 0 Å². The first kappa shape index (κ1) is 19.0. The number of carbonyl (C=O) groups is 2. The summed E-state index contributed by atoms with van der Waals surface area (Å²) in [6, 6.07) is 25.7. The molecule has 0 unspecified atom stereocenters. The molecule has 5 nitrogen and oxygen atoms in total. The number of nitrogens with one attached hydrogen (secondary N) is 2. The highest BCUT2D eigenvalue weighted by Crippen LogP contribution is 2.11. The number of hydrazone groups is 1. The SMILES string of the molecule is O=C(NN=CCCc1ccccc1)c1ccc(NC(=O)c2ccccc2)cc1. The molecule has 0 heterocycles. The molecular weight excluding hydrogens is 350 g/mol. The van der Waals surface area contributed by atoms with E-state index in [9.17, 15) is 9.59 Å². The Morgan fingerprint density at radius 1 is 0.750 bits per heavy atom. The van der Waals surface area contributed by atoms with Gasteiger partial charge in [-0.05, 0) is 54.8 Å².